The molecule has 1 saturated carbocycles. The molecule has 0 atom stereocenters. The lowest BCUT2D eigenvalue weighted by Gasteiger charge is -2.34. The zero-order valence-corrected chi connectivity index (χ0v) is 16.4. The highest BCUT2D eigenvalue weighted by molar-refractivity contribution is 9.09. The summed E-state index contributed by atoms with van der Waals surface area (Å²) in [5.41, 5.74) is 0. The van der Waals surface area contributed by atoms with Crippen LogP contribution < -0.4 is 4.74 Å². The number of nitrogens with zero attached hydrogens (tertiary/aromatic N) is 1. The fourth-order valence-corrected chi connectivity index (χ4v) is 3.28. The zero-order chi connectivity index (χ0) is 17.4. The van der Waals surface area contributed by atoms with E-state index < -0.39 is 0 Å². The van der Waals surface area contributed by atoms with Gasteiger partial charge in [0.2, 0.25) is 0 Å². The van der Waals surface area contributed by atoms with Crippen LogP contribution in [-0.2, 0) is 4.74 Å². The molecule has 1 fully saturated rings. The Morgan fingerprint density at radius 2 is 1.92 bits per heavy atom. The smallest absolute Gasteiger partial charge is 0.410 e. The molecule has 1 aliphatic rings. The van der Waals surface area contributed by atoms with Crippen molar-refractivity contribution in [3.63, 3.8) is 0 Å². The Morgan fingerprint density at radius 3 is 2.54 bits per heavy atom. The molecule has 0 unspecified atom stereocenters. The van der Waals surface area contributed by atoms with Gasteiger partial charge in [-0.25, -0.2) is 4.79 Å². The number of alkyl halides is 1. The van der Waals surface area contributed by atoms with Gasteiger partial charge in [-0.1, -0.05) is 27.5 Å². The molecule has 0 radical (unpaired) electrons. The van der Waals surface area contributed by atoms with E-state index in [1.807, 2.05) is 7.05 Å². The number of halogens is 2. The number of hydrogen-bond donors (Lipinski definition) is 0. The number of ether oxygens (including phenoxy) is 2. The van der Waals surface area contributed by atoms with Crippen LogP contribution in [0.25, 0.3) is 0 Å². The molecule has 0 heterocycles. The van der Waals surface area contributed by atoms with Crippen LogP contribution in [0.1, 0.15) is 32.1 Å². The Morgan fingerprint density at radius 1 is 1.25 bits per heavy atom. The lowest BCUT2D eigenvalue weighted by molar-refractivity contribution is 0.0690. The van der Waals surface area contributed by atoms with Crippen LogP contribution in [0.4, 0.5) is 4.79 Å². The van der Waals surface area contributed by atoms with Crippen molar-refractivity contribution in [1.82, 2.24) is 4.90 Å². The van der Waals surface area contributed by atoms with Gasteiger partial charge in [0.1, 0.15) is 5.75 Å². The molecule has 1 amide bonds. The third-order valence-corrected chi connectivity index (χ3v) is 5.26. The standard InChI is InChI=1S/C18H25BrClNO3/c1-21(18(22)24-17-9-5-15(20)6-10-17)16-7-3-14(4-8-16)13-23-12-2-11-19/h5-6,9-10,14,16H,2-4,7-8,11-13H2,1H3. The van der Waals surface area contributed by atoms with Crippen LogP contribution in [0, 0.1) is 5.92 Å². The Hall–Kier alpha value is -0.780. The SMILES string of the molecule is CN(C(=O)Oc1ccc(Cl)cc1)C1CCC(COCCCBr)CC1. The van der Waals surface area contributed by atoms with Gasteiger partial charge >= 0.3 is 6.09 Å². The third kappa shape index (κ3) is 6.26. The minimum Gasteiger partial charge on any atom is -0.410 e. The third-order valence-electron chi connectivity index (χ3n) is 4.45. The number of rotatable bonds is 7. The summed E-state index contributed by atoms with van der Waals surface area (Å²) in [4.78, 5) is 14.0. The summed E-state index contributed by atoms with van der Waals surface area (Å²) in [6, 6.07) is 7.07. The quantitative estimate of drug-likeness (QED) is 0.455. The summed E-state index contributed by atoms with van der Waals surface area (Å²) in [6.45, 7) is 1.65. The molecule has 4 nitrogen and oxygen atoms in total. The first-order chi connectivity index (χ1) is 11.6. The van der Waals surface area contributed by atoms with Crippen LogP contribution in [0.2, 0.25) is 5.02 Å². The van der Waals surface area contributed by atoms with Crippen molar-refractivity contribution in [1.29, 1.82) is 0 Å². The first-order valence-electron chi connectivity index (χ1n) is 8.44. The van der Waals surface area contributed by atoms with Crippen LogP contribution in [0.3, 0.4) is 0 Å². The van der Waals surface area contributed by atoms with E-state index in [9.17, 15) is 4.79 Å². The van der Waals surface area contributed by atoms with Gasteiger partial charge in [0.25, 0.3) is 0 Å². The first-order valence-corrected chi connectivity index (χ1v) is 9.94. The maximum atomic E-state index is 12.3. The Balaban J connectivity index is 1.72. The summed E-state index contributed by atoms with van der Waals surface area (Å²) < 4.78 is 11.1. The van der Waals surface area contributed by atoms with E-state index in [1.54, 1.807) is 29.2 Å². The summed E-state index contributed by atoms with van der Waals surface area (Å²) in [6.07, 6.45) is 4.93. The van der Waals surface area contributed by atoms with Crippen molar-refractivity contribution in [2.24, 2.45) is 5.92 Å². The van der Waals surface area contributed by atoms with Crippen molar-refractivity contribution in [3.05, 3.63) is 29.3 Å². The number of amides is 1. The van der Waals surface area contributed by atoms with Crippen LogP contribution in [0.15, 0.2) is 24.3 Å². The maximum Gasteiger partial charge on any atom is 0.415 e. The van der Waals surface area contributed by atoms with Crippen molar-refractivity contribution in [2.45, 2.75) is 38.1 Å². The summed E-state index contributed by atoms with van der Waals surface area (Å²) in [5, 5.41) is 1.61. The van der Waals surface area contributed by atoms with Gasteiger partial charge in [0.05, 0.1) is 0 Å². The molecule has 1 aromatic carbocycles. The Bertz CT molecular complexity index is 503. The second-order valence-corrected chi connectivity index (χ2v) is 7.45. The topological polar surface area (TPSA) is 38.8 Å². The van der Waals surface area contributed by atoms with Crippen molar-refractivity contribution in [2.75, 3.05) is 25.6 Å². The predicted molar refractivity (Wildman–Crippen MR) is 100 cm³/mol. The molecule has 0 aliphatic heterocycles. The van der Waals surface area contributed by atoms with E-state index in [2.05, 4.69) is 15.9 Å². The number of carbonyl (C=O) groups excluding carboxylic acids is 1. The molecule has 0 spiro atoms. The molecule has 1 aliphatic carbocycles. The Kier molecular flexibility index (Phi) is 8.36. The van der Waals surface area contributed by atoms with Crippen LogP contribution in [-0.4, -0.2) is 42.6 Å². The molecule has 1 aromatic rings. The normalized spacial score (nSPS) is 20.6. The Labute approximate surface area is 157 Å². The second-order valence-electron chi connectivity index (χ2n) is 6.22. The lowest BCUT2D eigenvalue weighted by atomic mass is 9.86. The number of carbonyl (C=O) groups is 1. The van der Waals surface area contributed by atoms with E-state index in [0.717, 1.165) is 50.6 Å². The fourth-order valence-electron chi connectivity index (χ4n) is 2.93. The van der Waals surface area contributed by atoms with Gasteiger partial charge in [0.15, 0.2) is 0 Å². The summed E-state index contributed by atoms with van der Waals surface area (Å²) >= 11 is 9.24. The van der Waals surface area contributed by atoms with Gasteiger partial charge in [-0.05, 0) is 62.3 Å². The van der Waals surface area contributed by atoms with Crippen molar-refractivity contribution >= 4 is 33.6 Å². The second kappa shape index (κ2) is 10.3. The molecule has 0 saturated heterocycles. The molecule has 0 N–H and O–H groups in total. The molecular weight excluding hydrogens is 394 g/mol. The first kappa shape index (κ1) is 19.5. The van der Waals surface area contributed by atoms with E-state index in [0.29, 0.717) is 16.7 Å². The minimum atomic E-state index is -0.311. The van der Waals surface area contributed by atoms with Crippen molar-refractivity contribution < 1.29 is 14.3 Å². The van der Waals surface area contributed by atoms with E-state index in [1.165, 1.54) is 0 Å². The van der Waals surface area contributed by atoms with E-state index in [-0.39, 0.29) is 12.1 Å². The average molecular weight is 419 g/mol. The van der Waals surface area contributed by atoms with E-state index in [4.69, 9.17) is 21.1 Å². The predicted octanol–water partition coefficient (Wildman–Crippen LogP) is 5.13. The monoisotopic (exact) mass is 417 g/mol. The number of benzene rings is 1. The van der Waals surface area contributed by atoms with Crippen LogP contribution in [0.5, 0.6) is 5.75 Å². The molecule has 6 heteroatoms. The molecular formula is C18H25BrClNO3. The molecule has 2 rings (SSSR count). The van der Waals surface area contributed by atoms with Gasteiger partial charge in [-0.3, -0.25) is 0 Å². The summed E-state index contributed by atoms with van der Waals surface area (Å²) in [5.74, 6) is 1.13. The number of hydrogen-bond acceptors (Lipinski definition) is 3. The molecule has 0 bridgehead atoms. The van der Waals surface area contributed by atoms with Gasteiger partial charge in [0, 0.05) is 36.7 Å². The highest BCUT2D eigenvalue weighted by Crippen LogP contribution is 2.28. The zero-order valence-electron chi connectivity index (χ0n) is 14.0. The molecule has 24 heavy (non-hydrogen) atoms. The highest BCUT2D eigenvalue weighted by atomic mass is 79.9. The molecule has 0 aromatic heterocycles. The van der Waals surface area contributed by atoms with Gasteiger partial charge in [-0.2, -0.15) is 0 Å². The summed E-state index contributed by atoms with van der Waals surface area (Å²) in [7, 11) is 1.82. The van der Waals surface area contributed by atoms with Crippen molar-refractivity contribution in [3.8, 4) is 5.75 Å². The van der Waals surface area contributed by atoms with Gasteiger partial charge < -0.3 is 14.4 Å². The van der Waals surface area contributed by atoms with Gasteiger partial charge in [-0.15, -0.1) is 0 Å². The fraction of sp³-hybridized carbons (Fsp3) is 0.611. The van der Waals surface area contributed by atoms with Crippen LogP contribution >= 0.6 is 27.5 Å². The highest BCUT2D eigenvalue weighted by Gasteiger charge is 2.27. The lowest BCUT2D eigenvalue weighted by Crippen LogP contribution is -2.41. The largest absolute Gasteiger partial charge is 0.415 e. The van der Waals surface area contributed by atoms with E-state index >= 15 is 0 Å². The maximum absolute atomic E-state index is 12.3. The molecule has 134 valence electrons. The average Bonchev–Trinajstić information content (AvgIpc) is 2.60. The minimum absolute atomic E-state index is 0.239.